The van der Waals surface area contributed by atoms with Crippen LogP contribution in [0.3, 0.4) is 0 Å². The lowest BCUT2D eigenvalue weighted by molar-refractivity contribution is 0.182. The van der Waals surface area contributed by atoms with E-state index in [0.29, 0.717) is 5.92 Å². The molecule has 3 rings (SSSR count). The fraction of sp³-hybridized carbons (Fsp3) is 0.611. The van der Waals surface area contributed by atoms with Crippen LogP contribution in [-0.2, 0) is 0 Å². The topological polar surface area (TPSA) is 35.6 Å². The Hall–Kier alpha value is -1.36. The number of likely N-dealkylation sites (tertiary alicyclic amines) is 1. The number of piperidine rings is 1. The summed E-state index contributed by atoms with van der Waals surface area (Å²) in [6, 6.07) is 6.43. The number of thioether (sulfide) groups is 1. The molecule has 0 spiro atoms. The molecule has 2 heterocycles. The van der Waals surface area contributed by atoms with E-state index in [1.165, 1.54) is 23.6 Å². The number of benzene rings is 1. The predicted octanol–water partition coefficient (Wildman–Crippen LogP) is 3.81. The van der Waals surface area contributed by atoms with Crippen molar-refractivity contribution >= 4 is 29.2 Å². The first-order valence-corrected chi connectivity index (χ1v) is 9.78. The quantitative estimate of drug-likeness (QED) is 0.894. The van der Waals surface area contributed by atoms with Crippen LogP contribution < -0.4 is 10.2 Å². The second-order valence-electron chi connectivity index (χ2n) is 6.72. The van der Waals surface area contributed by atoms with Crippen LogP contribution >= 0.6 is 11.8 Å². The number of hydrogen-bond donors (Lipinski definition) is 1. The summed E-state index contributed by atoms with van der Waals surface area (Å²) < 4.78 is 0. The minimum absolute atomic E-state index is 0.0433. The minimum Gasteiger partial charge on any atom is -0.370 e. The third-order valence-electron chi connectivity index (χ3n) is 4.77. The Morgan fingerprint density at radius 3 is 2.74 bits per heavy atom. The summed E-state index contributed by atoms with van der Waals surface area (Å²) in [4.78, 5) is 16.8. The number of anilines is 2. The Kier molecular flexibility index (Phi) is 5.36. The van der Waals surface area contributed by atoms with Crippen LogP contribution in [0.4, 0.5) is 16.2 Å². The molecule has 5 heteroatoms. The number of nitrogens with one attached hydrogen (secondary N) is 1. The van der Waals surface area contributed by atoms with E-state index < -0.39 is 0 Å². The number of rotatable bonds is 2. The smallest absolute Gasteiger partial charge is 0.321 e. The summed E-state index contributed by atoms with van der Waals surface area (Å²) in [5, 5.41) is 3.09. The molecule has 1 aromatic rings. The molecule has 1 aromatic carbocycles. The van der Waals surface area contributed by atoms with E-state index in [1.54, 1.807) is 0 Å². The summed E-state index contributed by atoms with van der Waals surface area (Å²) >= 11 is 2.02. The molecule has 0 aliphatic carbocycles. The van der Waals surface area contributed by atoms with E-state index in [-0.39, 0.29) is 6.03 Å². The molecule has 23 heavy (non-hydrogen) atoms. The maximum absolute atomic E-state index is 12.5. The summed E-state index contributed by atoms with van der Waals surface area (Å²) in [6.45, 7) is 8.27. The van der Waals surface area contributed by atoms with E-state index in [1.807, 2.05) is 16.7 Å². The standard InChI is InChI=1S/C18H27N3OS/c1-14-4-3-7-21(13-14)18(22)19-17-6-5-16(12-15(17)2)20-8-10-23-11-9-20/h5-6,12,14H,3-4,7-11,13H2,1-2H3,(H,19,22)/t14-/m0/s1. The van der Waals surface area contributed by atoms with Crippen molar-refractivity contribution in [3.63, 3.8) is 0 Å². The Labute approximate surface area is 143 Å². The van der Waals surface area contributed by atoms with Crippen LogP contribution in [0.25, 0.3) is 0 Å². The molecule has 1 atom stereocenters. The normalized spacial score (nSPS) is 22.1. The van der Waals surface area contributed by atoms with E-state index in [0.717, 1.165) is 43.9 Å². The van der Waals surface area contributed by atoms with Gasteiger partial charge in [-0.2, -0.15) is 11.8 Å². The van der Waals surface area contributed by atoms with Gasteiger partial charge in [-0.1, -0.05) is 6.92 Å². The Morgan fingerprint density at radius 2 is 2.04 bits per heavy atom. The van der Waals surface area contributed by atoms with Gasteiger partial charge in [-0.05, 0) is 49.4 Å². The highest BCUT2D eigenvalue weighted by atomic mass is 32.2. The van der Waals surface area contributed by atoms with E-state index in [2.05, 4.69) is 42.3 Å². The summed E-state index contributed by atoms with van der Waals surface area (Å²) in [5.41, 5.74) is 3.34. The summed E-state index contributed by atoms with van der Waals surface area (Å²) in [6.07, 6.45) is 2.34. The van der Waals surface area contributed by atoms with Crippen molar-refractivity contribution in [2.24, 2.45) is 5.92 Å². The number of hydrogen-bond acceptors (Lipinski definition) is 3. The van der Waals surface area contributed by atoms with Crippen molar-refractivity contribution in [3.05, 3.63) is 23.8 Å². The second kappa shape index (κ2) is 7.47. The molecule has 4 nitrogen and oxygen atoms in total. The monoisotopic (exact) mass is 333 g/mol. The van der Waals surface area contributed by atoms with Gasteiger partial charge in [0.05, 0.1) is 0 Å². The summed E-state index contributed by atoms with van der Waals surface area (Å²) in [5.74, 6) is 3.00. The van der Waals surface area contributed by atoms with Gasteiger partial charge in [0.15, 0.2) is 0 Å². The molecule has 0 aromatic heterocycles. The number of amides is 2. The highest BCUT2D eigenvalue weighted by Gasteiger charge is 2.21. The fourth-order valence-electron chi connectivity index (χ4n) is 3.37. The van der Waals surface area contributed by atoms with Gasteiger partial charge >= 0.3 is 6.03 Å². The van der Waals surface area contributed by atoms with E-state index in [9.17, 15) is 4.79 Å². The van der Waals surface area contributed by atoms with Crippen LogP contribution in [-0.4, -0.2) is 48.6 Å². The number of carbonyl (C=O) groups is 1. The Balaban J connectivity index is 1.64. The molecular weight excluding hydrogens is 306 g/mol. The zero-order valence-corrected chi connectivity index (χ0v) is 15.0. The molecular formula is C18H27N3OS. The van der Waals surface area contributed by atoms with Crippen LogP contribution in [0.2, 0.25) is 0 Å². The third-order valence-corrected chi connectivity index (χ3v) is 5.71. The highest BCUT2D eigenvalue weighted by Crippen LogP contribution is 2.25. The average molecular weight is 334 g/mol. The van der Waals surface area contributed by atoms with Gasteiger partial charge in [-0.15, -0.1) is 0 Å². The average Bonchev–Trinajstić information content (AvgIpc) is 2.57. The van der Waals surface area contributed by atoms with Gasteiger partial charge in [0.25, 0.3) is 0 Å². The fourth-order valence-corrected chi connectivity index (χ4v) is 4.28. The van der Waals surface area contributed by atoms with Crippen LogP contribution in [0.1, 0.15) is 25.3 Å². The molecule has 2 saturated heterocycles. The van der Waals surface area contributed by atoms with Crippen molar-refractivity contribution in [2.45, 2.75) is 26.7 Å². The number of aryl methyl sites for hydroxylation is 1. The van der Waals surface area contributed by atoms with Gasteiger partial charge < -0.3 is 15.1 Å². The first-order chi connectivity index (χ1) is 11.1. The van der Waals surface area contributed by atoms with Crippen molar-refractivity contribution in [1.82, 2.24) is 4.90 Å². The van der Waals surface area contributed by atoms with Crippen LogP contribution in [0.15, 0.2) is 18.2 Å². The third kappa shape index (κ3) is 4.14. The van der Waals surface area contributed by atoms with Gasteiger partial charge in [0.1, 0.15) is 0 Å². The SMILES string of the molecule is Cc1cc(N2CCSCC2)ccc1NC(=O)N1CCC[C@H](C)C1. The van der Waals surface area contributed by atoms with Gasteiger partial charge in [0.2, 0.25) is 0 Å². The number of urea groups is 1. The maximum atomic E-state index is 12.5. The lowest BCUT2D eigenvalue weighted by Crippen LogP contribution is -2.41. The second-order valence-corrected chi connectivity index (χ2v) is 7.95. The minimum atomic E-state index is 0.0433. The highest BCUT2D eigenvalue weighted by molar-refractivity contribution is 7.99. The molecule has 1 N–H and O–H groups in total. The molecule has 0 bridgehead atoms. The first kappa shape index (κ1) is 16.5. The summed E-state index contributed by atoms with van der Waals surface area (Å²) in [7, 11) is 0. The maximum Gasteiger partial charge on any atom is 0.321 e. The van der Waals surface area contributed by atoms with Gasteiger partial charge in [-0.3, -0.25) is 0 Å². The molecule has 2 amide bonds. The van der Waals surface area contributed by atoms with E-state index >= 15 is 0 Å². The Morgan fingerprint density at radius 1 is 1.26 bits per heavy atom. The Bertz CT molecular complexity index is 557. The van der Waals surface area contributed by atoms with Crippen molar-refractivity contribution in [1.29, 1.82) is 0 Å². The van der Waals surface area contributed by atoms with Gasteiger partial charge in [-0.25, -0.2) is 4.79 Å². The lowest BCUT2D eigenvalue weighted by Gasteiger charge is -2.31. The molecule has 126 valence electrons. The molecule has 2 fully saturated rings. The predicted molar refractivity (Wildman–Crippen MR) is 99.7 cm³/mol. The van der Waals surface area contributed by atoms with Crippen LogP contribution in [0.5, 0.6) is 0 Å². The number of carbonyl (C=O) groups excluding carboxylic acids is 1. The van der Waals surface area contributed by atoms with E-state index in [4.69, 9.17) is 0 Å². The van der Waals surface area contributed by atoms with Crippen molar-refractivity contribution < 1.29 is 4.79 Å². The van der Waals surface area contributed by atoms with Crippen molar-refractivity contribution in [3.8, 4) is 0 Å². The van der Waals surface area contributed by atoms with Gasteiger partial charge in [0, 0.05) is 49.1 Å². The molecule has 0 saturated carbocycles. The first-order valence-electron chi connectivity index (χ1n) is 8.63. The molecule has 0 radical (unpaired) electrons. The zero-order chi connectivity index (χ0) is 16.2. The molecule has 2 aliphatic rings. The lowest BCUT2D eigenvalue weighted by atomic mass is 10.0. The molecule has 0 unspecified atom stereocenters. The molecule has 2 aliphatic heterocycles. The zero-order valence-electron chi connectivity index (χ0n) is 14.2. The van der Waals surface area contributed by atoms with Crippen LogP contribution in [0, 0.1) is 12.8 Å². The number of nitrogens with zero attached hydrogens (tertiary/aromatic N) is 2. The largest absolute Gasteiger partial charge is 0.370 e. The van der Waals surface area contributed by atoms with Crippen molar-refractivity contribution in [2.75, 3.05) is 47.9 Å².